The zero-order chi connectivity index (χ0) is 20.4. The van der Waals surface area contributed by atoms with Crippen LogP contribution >= 0.6 is 21.9 Å². The van der Waals surface area contributed by atoms with E-state index < -0.39 is 25.9 Å². The minimum Gasteiger partial charge on any atom is -0.209 e. The maximum atomic E-state index is 13.0. The molecule has 2 aromatic rings. The molecule has 152 valence electrons. The molecule has 3 nitrogen and oxygen atoms in total. The maximum Gasteiger partial charge on any atom is 0.523 e. The van der Waals surface area contributed by atoms with Crippen LogP contribution in [-0.4, -0.2) is 25.4 Å². The molecule has 3 rings (SSSR count). The van der Waals surface area contributed by atoms with Crippen molar-refractivity contribution in [2.75, 3.05) is 11.5 Å². The fourth-order valence-electron chi connectivity index (χ4n) is 3.02. The largest absolute Gasteiger partial charge is 0.523 e. The van der Waals surface area contributed by atoms with Gasteiger partial charge in [0.15, 0.2) is 0 Å². The second-order valence-electron chi connectivity index (χ2n) is 6.33. The van der Waals surface area contributed by atoms with Gasteiger partial charge < -0.3 is 0 Å². The van der Waals surface area contributed by atoms with Crippen molar-refractivity contribution in [1.82, 2.24) is 0 Å². The summed E-state index contributed by atoms with van der Waals surface area (Å²) in [5.74, 6) is 0.506. The van der Waals surface area contributed by atoms with Crippen LogP contribution in [0.5, 0.6) is 0 Å². The Morgan fingerprint density at radius 3 is 2.14 bits per heavy atom. The molecule has 1 saturated heterocycles. The minimum atomic E-state index is -5.70. The zero-order valence-corrected chi connectivity index (χ0v) is 17.0. The van der Waals surface area contributed by atoms with Crippen LogP contribution in [0.2, 0.25) is 5.02 Å². The van der Waals surface area contributed by atoms with Crippen LogP contribution in [-0.2, 0) is 13.7 Å². The lowest BCUT2D eigenvalue weighted by molar-refractivity contribution is -0.0495. The summed E-state index contributed by atoms with van der Waals surface area (Å²) in [6.45, 7) is 0. The number of hydrogen-bond acceptors (Lipinski definition) is 3. The van der Waals surface area contributed by atoms with Gasteiger partial charge in [0.25, 0.3) is 0 Å². The van der Waals surface area contributed by atoms with E-state index in [-0.39, 0.29) is 11.5 Å². The Labute approximate surface area is 168 Å². The van der Waals surface area contributed by atoms with Gasteiger partial charge >= 0.3 is 15.6 Å². The Balaban J connectivity index is 2.16. The topological polar surface area (TPSA) is 43.4 Å². The van der Waals surface area contributed by atoms with Crippen LogP contribution in [0, 0.1) is 0 Å². The summed E-state index contributed by atoms with van der Waals surface area (Å²) in [5, 5.41) is 1.99. The molecular weight excluding hydrogens is 433 g/mol. The quantitative estimate of drug-likeness (QED) is 0.516. The van der Waals surface area contributed by atoms with E-state index >= 15 is 0 Å². The van der Waals surface area contributed by atoms with Gasteiger partial charge in [0.05, 0.1) is 0 Å². The summed E-state index contributed by atoms with van der Waals surface area (Å²) < 4.78 is 67.3. The molecule has 2 aromatic carbocycles. The van der Waals surface area contributed by atoms with Crippen molar-refractivity contribution >= 4 is 37.6 Å². The Kier molecular flexibility index (Phi) is 6.14. The molecule has 1 fully saturated rings. The van der Waals surface area contributed by atoms with E-state index in [1.165, 1.54) is 0 Å². The average Bonchev–Trinajstić information content (AvgIpc) is 3.08. The van der Waals surface area contributed by atoms with E-state index in [1.54, 1.807) is 53.9 Å². The van der Waals surface area contributed by atoms with Crippen LogP contribution in [0.3, 0.4) is 0 Å². The van der Waals surface area contributed by atoms with Crippen molar-refractivity contribution in [3.05, 3.63) is 76.2 Å². The fraction of sp³-hybridized carbons (Fsp3) is 0.263. The monoisotopic (exact) mass is 450 g/mol. The molecule has 1 aliphatic rings. The van der Waals surface area contributed by atoms with Gasteiger partial charge in [0, 0.05) is 22.1 Å². The smallest absolute Gasteiger partial charge is 0.209 e. The number of halogens is 4. The normalized spacial score (nSPS) is 18.8. The molecule has 1 heterocycles. The average molecular weight is 451 g/mol. The van der Waals surface area contributed by atoms with Crippen LogP contribution in [0.25, 0.3) is 5.57 Å². The van der Waals surface area contributed by atoms with Gasteiger partial charge in [-0.25, -0.2) is 3.63 Å². The Morgan fingerprint density at radius 1 is 1.00 bits per heavy atom. The first-order valence-electron chi connectivity index (χ1n) is 8.47. The first-order valence-corrected chi connectivity index (χ1v) is 12.2. The molecular formula is C19H18ClF3O3S2. The molecule has 0 aliphatic carbocycles. The third-order valence-corrected chi connectivity index (χ3v) is 9.64. The summed E-state index contributed by atoms with van der Waals surface area (Å²) in [6, 6.07) is 16.0. The van der Waals surface area contributed by atoms with E-state index in [0.29, 0.717) is 29.0 Å². The lowest BCUT2D eigenvalue weighted by Crippen LogP contribution is -2.27. The lowest BCUT2D eigenvalue weighted by Gasteiger charge is -2.32. The van der Waals surface area contributed by atoms with Gasteiger partial charge in [-0.1, -0.05) is 70.4 Å². The van der Waals surface area contributed by atoms with Crippen LogP contribution < -0.4 is 0 Å². The SMILES string of the molecule is O=S(=O)(OS1(C=C(c2ccccc2)c2ccccc2Cl)CCCC1)C(F)(F)F. The molecule has 0 aromatic heterocycles. The second kappa shape index (κ2) is 8.10. The van der Waals surface area contributed by atoms with Crippen molar-refractivity contribution in [3.63, 3.8) is 0 Å². The third-order valence-electron chi connectivity index (χ3n) is 4.32. The summed E-state index contributed by atoms with van der Waals surface area (Å²) in [4.78, 5) is 0. The molecule has 28 heavy (non-hydrogen) atoms. The van der Waals surface area contributed by atoms with Gasteiger partial charge in [-0.05, 0) is 35.5 Å². The van der Waals surface area contributed by atoms with Crippen molar-refractivity contribution in [2.45, 2.75) is 18.3 Å². The zero-order valence-electron chi connectivity index (χ0n) is 14.7. The Bertz CT molecular complexity index is 967. The van der Waals surface area contributed by atoms with Gasteiger partial charge in [-0.3, -0.25) is 0 Å². The number of hydrogen-bond donors (Lipinski definition) is 0. The van der Waals surface area contributed by atoms with E-state index in [1.807, 2.05) is 6.07 Å². The highest BCUT2D eigenvalue weighted by Crippen LogP contribution is 2.60. The molecule has 0 atom stereocenters. The van der Waals surface area contributed by atoms with Crippen LogP contribution in [0.15, 0.2) is 60.0 Å². The van der Waals surface area contributed by atoms with Gasteiger partial charge in [0.2, 0.25) is 0 Å². The van der Waals surface area contributed by atoms with Crippen molar-refractivity contribution < 1.29 is 25.2 Å². The predicted molar refractivity (Wildman–Crippen MR) is 108 cm³/mol. The first-order chi connectivity index (χ1) is 13.1. The molecule has 0 radical (unpaired) electrons. The highest BCUT2D eigenvalue weighted by molar-refractivity contribution is 8.35. The number of benzene rings is 2. The standard InChI is InChI=1S/C19H18ClF3O3S2/c20-18-11-5-4-10-16(18)17(15-8-2-1-3-9-15)14-27(12-6-7-13-27)26-28(24,25)19(21,22)23/h1-5,8-11,14H,6-7,12-13H2. The highest BCUT2D eigenvalue weighted by Gasteiger charge is 2.51. The molecule has 0 unspecified atom stereocenters. The second-order valence-corrected chi connectivity index (χ2v) is 11.4. The van der Waals surface area contributed by atoms with E-state index in [0.717, 1.165) is 5.56 Å². The van der Waals surface area contributed by atoms with E-state index in [2.05, 4.69) is 0 Å². The summed E-state index contributed by atoms with van der Waals surface area (Å²) >= 11 is 6.33. The lowest BCUT2D eigenvalue weighted by atomic mass is 10.00. The third kappa shape index (κ3) is 4.56. The fourth-order valence-corrected chi connectivity index (χ4v) is 8.21. The van der Waals surface area contributed by atoms with E-state index in [9.17, 15) is 21.6 Å². The number of alkyl halides is 3. The van der Waals surface area contributed by atoms with Crippen molar-refractivity contribution in [3.8, 4) is 0 Å². The van der Waals surface area contributed by atoms with E-state index in [4.69, 9.17) is 15.2 Å². The Hall–Kier alpha value is -1.48. The van der Waals surface area contributed by atoms with Crippen LogP contribution in [0.1, 0.15) is 24.0 Å². The highest BCUT2D eigenvalue weighted by atomic mass is 35.5. The number of rotatable bonds is 5. The Morgan fingerprint density at radius 2 is 1.57 bits per heavy atom. The molecule has 1 aliphatic heterocycles. The summed E-state index contributed by atoms with van der Waals surface area (Å²) in [6.07, 6.45) is 1.20. The molecule has 0 saturated carbocycles. The molecule has 0 bridgehead atoms. The predicted octanol–water partition coefficient (Wildman–Crippen LogP) is 6.11. The van der Waals surface area contributed by atoms with Crippen LogP contribution in [0.4, 0.5) is 13.2 Å². The van der Waals surface area contributed by atoms with Gasteiger partial charge in [0.1, 0.15) is 0 Å². The summed E-state index contributed by atoms with van der Waals surface area (Å²) in [7, 11) is -8.34. The van der Waals surface area contributed by atoms with Gasteiger partial charge in [-0.2, -0.15) is 21.6 Å². The molecule has 9 heteroatoms. The maximum absolute atomic E-state index is 13.0. The van der Waals surface area contributed by atoms with Crippen molar-refractivity contribution in [2.24, 2.45) is 0 Å². The molecule has 0 amide bonds. The van der Waals surface area contributed by atoms with Gasteiger partial charge in [-0.15, -0.1) is 0 Å². The summed E-state index contributed by atoms with van der Waals surface area (Å²) in [5.41, 5.74) is -3.55. The molecule has 0 spiro atoms. The first kappa shape index (κ1) is 21.2. The van der Waals surface area contributed by atoms with Crippen molar-refractivity contribution in [1.29, 1.82) is 0 Å². The minimum absolute atomic E-state index is 0.253. The molecule has 0 N–H and O–H groups in total.